The zero-order chi connectivity index (χ0) is 16.1. The van der Waals surface area contributed by atoms with E-state index in [1.807, 2.05) is 0 Å². The van der Waals surface area contributed by atoms with Gasteiger partial charge in [-0.15, -0.1) is 0 Å². The molecule has 1 saturated heterocycles. The Morgan fingerprint density at radius 2 is 1.91 bits per heavy atom. The molecule has 1 heterocycles. The summed E-state index contributed by atoms with van der Waals surface area (Å²) >= 11 is 0. The number of carboxylic acids is 1. The molecule has 118 valence electrons. The van der Waals surface area contributed by atoms with Gasteiger partial charge in [0, 0.05) is 18.7 Å². The minimum atomic E-state index is -0.963. The van der Waals surface area contributed by atoms with Gasteiger partial charge in [-0.2, -0.15) is 0 Å². The van der Waals surface area contributed by atoms with E-state index < -0.39 is 18.0 Å². The average Bonchev–Trinajstić information content (AvgIpc) is 2.52. The Balaban J connectivity index is 2.08. The third-order valence-corrected chi connectivity index (χ3v) is 3.72. The van der Waals surface area contributed by atoms with E-state index in [1.54, 1.807) is 24.3 Å². The first kappa shape index (κ1) is 15.8. The molecule has 1 atom stereocenters. The van der Waals surface area contributed by atoms with Crippen molar-refractivity contribution in [2.45, 2.75) is 31.8 Å². The lowest BCUT2D eigenvalue weighted by atomic mass is 10.0. The molecule has 0 radical (unpaired) electrons. The Hall–Kier alpha value is -2.57. The molecule has 0 aromatic heterocycles. The van der Waals surface area contributed by atoms with E-state index in [2.05, 4.69) is 5.32 Å². The van der Waals surface area contributed by atoms with Crippen molar-refractivity contribution in [2.24, 2.45) is 5.73 Å². The summed E-state index contributed by atoms with van der Waals surface area (Å²) in [5, 5.41) is 11.7. The number of carboxylic acid groups (broad SMARTS) is 1. The quantitative estimate of drug-likeness (QED) is 0.768. The van der Waals surface area contributed by atoms with Crippen LogP contribution in [0.3, 0.4) is 0 Å². The molecule has 0 bridgehead atoms. The summed E-state index contributed by atoms with van der Waals surface area (Å²) in [6.45, 7) is 0.742. The number of aliphatic carboxylic acids is 1. The van der Waals surface area contributed by atoms with Gasteiger partial charge in [-0.1, -0.05) is 12.1 Å². The predicted molar refractivity (Wildman–Crippen MR) is 79.2 cm³/mol. The summed E-state index contributed by atoms with van der Waals surface area (Å²) in [5.74, 6) is -1.24. The van der Waals surface area contributed by atoms with E-state index in [0.717, 1.165) is 18.4 Å². The summed E-state index contributed by atoms with van der Waals surface area (Å²) in [6, 6.07) is 5.32. The topological polar surface area (TPSA) is 113 Å². The van der Waals surface area contributed by atoms with Gasteiger partial charge >= 0.3 is 12.0 Å². The molecule has 0 saturated carbocycles. The highest BCUT2D eigenvalue weighted by atomic mass is 16.4. The lowest BCUT2D eigenvalue weighted by molar-refractivity contribution is -0.143. The van der Waals surface area contributed by atoms with Gasteiger partial charge in [0.1, 0.15) is 6.04 Å². The monoisotopic (exact) mass is 305 g/mol. The number of urea groups is 1. The van der Waals surface area contributed by atoms with Gasteiger partial charge in [0.05, 0.1) is 0 Å². The molecule has 1 aliphatic rings. The number of hydrogen-bond acceptors (Lipinski definition) is 3. The highest BCUT2D eigenvalue weighted by Gasteiger charge is 2.32. The molecular formula is C15H19N3O4. The SMILES string of the molecule is NC(=O)NCc1ccc(C(=O)N2CCCC[C@@H]2C(=O)O)cc1. The molecule has 7 nitrogen and oxygen atoms in total. The molecule has 22 heavy (non-hydrogen) atoms. The lowest BCUT2D eigenvalue weighted by Gasteiger charge is -2.33. The molecular weight excluding hydrogens is 286 g/mol. The number of nitrogens with two attached hydrogens (primary N) is 1. The number of nitrogens with one attached hydrogen (secondary N) is 1. The molecule has 4 N–H and O–H groups in total. The minimum absolute atomic E-state index is 0.276. The second-order valence-electron chi connectivity index (χ2n) is 5.26. The number of piperidine rings is 1. The minimum Gasteiger partial charge on any atom is -0.480 e. The van der Waals surface area contributed by atoms with Crippen LogP contribution in [0.4, 0.5) is 4.79 Å². The van der Waals surface area contributed by atoms with Crippen molar-refractivity contribution >= 4 is 17.9 Å². The number of amides is 3. The summed E-state index contributed by atoms with van der Waals surface area (Å²) in [4.78, 5) is 35.8. The van der Waals surface area contributed by atoms with E-state index in [0.29, 0.717) is 18.5 Å². The van der Waals surface area contributed by atoms with E-state index in [-0.39, 0.29) is 12.5 Å². The summed E-state index contributed by atoms with van der Waals surface area (Å²) in [7, 11) is 0. The van der Waals surface area contributed by atoms with Gasteiger partial charge < -0.3 is 21.1 Å². The smallest absolute Gasteiger partial charge is 0.326 e. The summed E-state index contributed by atoms with van der Waals surface area (Å²) in [5.41, 5.74) is 6.24. The Kier molecular flexibility index (Phi) is 4.98. The van der Waals surface area contributed by atoms with Gasteiger partial charge in [0.2, 0.25) is 0 Å². The van der Waals surface area contributed by atoms with Crippen molar-refractivity contribution in [3.05, 3.63) is 35.4 Å². The highest BCUT2D eigenvalue weighted by molar-refractivity contribution is 5.96. The third kappa shape index (κ3) is 3.75. The summed E-state index contributed by atoms with van der Waals surface area (Å²) in [6.07, 6.45) is 2.12. The van der Waals surface area contributed by atoms with Crippen LogP contribution in [0.2, 0.25) is 0 Å². The normalized spacial score (nSPS) is 17.8. The van der Waals surface area contributed by atoms with Gasteiger partial charge in [-0.25, -0.2) is 9.59 Å². The molecule has 1 aromatic carbocycles. The number of likely N-dealkylation sites (tertiary alicyclic amines) is 1. The number of rotatable bonds is 4. The number of benzene rings is 1. The van der Waals surface area contributed by atoms with E-state index in [1.165, 1.54) is 4.90 Å². The molecule has 1 aromatic rings. The first-order valence-corrected chi connectivity index (χ1v) is 7.15. The lowest BCUT2D eigenvalue weighted by Crippen LogP contribution is -2.47. The standard InChI is InChI=1S/C15H19N3O4/c16-15(22)17-9-10-4-6-11(7-5-10)13(19)18-8-2-1-3-12(18)14(20)21/h4-7,12H,1-3,8-9H2,(H,20,21)(H3,16,17,22)/t12-/m1/s1. The van der Waals surface area contributed by atoms with Crippen LogP contribution < -0.4 is 11.1 Å². The van der Waals surface area contributed by atoms with Crippen LogP contribution in [-0.4, -0.2) is 40.5 Å². The fourth-order valence-electron chi connectivity index (χ4n) is 2.55. The van der Waals surface area contributed by atoms with Crippen LogP contribution in [0.1, 0.15) is 35.2 Å². The van der Waals surface area contributed by atoms with Crippen LogP contribution >= 0.6 is 0 Å². The Morgan fingerprint density at radius 3 is 2.50 bits per heavy atom. The number of primary amides is 1. The number of nitrogens with zero attached hydrogens (tertiary/aromatic N) is 1. The second-order valence-corrected chi connectivity index (χ2v) is 5.26. The molecule has 0 aliphatic carbocycles. The zero-order valence-corrected chi connectivity index (χ0v) is 12.1. The molecule has 1 aliphatic heterocycles. The van der Waals surface area contributed by atoms with Crippen molar-refractivity contribution in [1.82, 2.24) is 10.2 Å². The molecule has 0 unspecified atom stereocenters. The van der Waals surface area contributed by atoms with Crippen LogP contribution in [0.5, 0.6) is 0 Å². The fourth-order valence-corrected chi connectivity index (χ4v) is 2.55. The van der Waals surface area contributed by atoms with Gasteiger partial charge in [0.15, 0.2) is 0 Å². The summed E-state index contributed by atoms with van der Waals surface area (Å²) < 4.78 is 0. The van der Waals surface area contributed by atoms with Gasteiger partial charge in [-0.05, 0) is 37.0 Å². The van der Waals surface area contributed by atoms with E-state index in [4.69, 9.17) is 5.73 Å². The van der Waals surface area contributed by atoms with E-state index in [9.17, 15) is 19.5 Å². The zero-order valence-electron chi connectivity index (χ0n) is 12.1. The maximum Gasteiger partial charge on any atom is 0.326 e. The third-order valence-electron chi connectivity index (χ3n) is 3.72. The number of carbonyl (C=O) groups excluding carboxylic acids is 2. The number of carbonyl (C=O) groups is 3. The molecule has 1 fully saturated rings. The van der Waals surface area contributed by atoms with Gasteiger partial charge in [-0.3, -0.25) is 4.79 Å². The molecule has 0 spiro atoms. The largest absolute Gasteiger partial charge is 0.480 e. The molecule has 7 heteroatoms. The maximum absolute atomic E-state index is 12.5. The number of hydrogen-bond donors (Lipinski definition) is 3. The first-order chi connectivity index (χ1) is 10.5. The predicted octanol–water partition coefficient (Wildman–Crippen LogP) is 0.934. The maximum atomic E-state index is 12.5. The van der Waals surface area contributed by atoms with Crippen LogP contribution in [0.15, 0.2) is 24.3 Å². The van der Waals surface area contributed by atoms with Crippen molar-refractivity contribution in [3.63, 3.8) is 0 Å². The molecule has 2 rings (SSSR count). The van der Waals surface area contributed by atoms with Gasteiger partial charge in [0.25, 0.3) is 5.91 Å². The van der Waals surface area contributed by atoms with Crippen molar-refractivity contribution < 1.29 is 19.5 Å². The fraction of sp³-hybridized carbons (Fsp3) is 0.400. The van der Waals surface area contributed by atoms with Crippen molar-refractivity contribution in [1.29, 1.82) is 0 Å². The average molecular weight is 305 g/mol. The Bertz CT molecular complexity index is 571. The van der Waals surface area contributed by atoms with E-state index >= 15 is 0 Å². The second kappa shape index (κ2) is 6.93. The Labute approximate surface area is 128 Å². The first-order valence-electron chi connectivity index (χ1n) is 7.15. The van der Waals surface area contributed by atoms with Crippen LogP contribution in [-0.2, 0) is 11.3 Å². The Morgan fingerprint density at radius 1 is 1.23 bits per heavy atom. The van der Waals surface area contributed by atoms with Crippen LogP contribution in [0, 0.1) is 0 Å². The van der Waals surface area contributed by atoms with Crippen molar-refractivity contribution in [2.75, 3.05) is 6.54 Å². The van der Waals surface area contributed by atoms with Crippen LogP contribution in [0.25, 0.3) is 0 Å². The highest BCUT2D eigenvalue weighted by Crippen LogP contribution is 2.20. The van der Waals surface area contributed by atoms with Crippen molar-refractivity contribution in [3.8, 4) is 0 Å². The molecule has 3 amide bonds.